The minimum absolute atomic E-state index is 0.0770. The number of nitrogens with zero attached hydrogens (tertiary/aromatic N) is 1. The van der Waals surface area contributed by atoms with Crippen LogP contribution in [0, 0.1) is 10.1 Å². The lowest BCUT2D eigenvalue weighted by atomic mass is 10.3. The lowest BCUT2D eigenvalue weighted by Gasteiger charge is -2.05. The minimum atomic E-state index is -0.509. The average molecular weight is 330 g/mol. The Hall–Kier alpha value is -1.89. The number of carbonyl (C=O) groups is 1. The van der Waals surface area contributed by atoms with Gasteiger partial charge in [0.15, 0.2) is 0 Å². The van der Waals surface area contributed by atoms with E-state index in [0.29, 0.717) is 12.4 Å². The molecule has 0 aliphatic rings. The number of nitro benzene ring substituents is 1. The highest BCUT2D eigenvalue weighted by molar-refractivity contribution is 9.10. The summed E-state index contributed by atoms with van der Waals surface area (Å²) in [7, 11) is 0. The largest absolute Gasteiger partial charge is 0.488 e. The number of esters is 1. The third-order valence-corrected chi connectivity index (χ3v) is 2.81. The summed E-state index contributed by atoms with van der Waals surface area (Å²) < 4.78 is 10.3. The molecule has 0 bridgehead atoms. The maximum atomic E-state index is 11.0. The van der Waals surface area contributed by atoms with Crippen molar-refractivity contribution in [3.8, 4) is 5.75 Å². The molecule has 0 radical (unpaired) electrons. The van der Waals surface area contributed by atoms with Gasteiger partial charge < -0.3 is 9.47 Å². The molecule has 0 unspecified atom stereocenters. The normalized spacial score (nSPS) is 10.4. The van der Waals surface area contributed by atoms with Crippen LogP contribution in [0.4, 0.5) is 5.69 Å². The first-order chi connectivity index (χ1) is 9.06. The van der Waals surface area contributed by atoms with Crippen LogP contribution in [0.2, 0.25) is 0 Å². The predicted octanol–water partition coefficient (Wildman–Crippen LogP) is 2.86. The molecule has 0 N–H and O–H groups in total. The lowest BCUT2D eigenvalue weighted by Crippen LogP contribution is -2.01. The van der Waals surface area contributed by atoms with Gasteiger partial charge in [-0.05, 0) is 35.0 Å². The third kappa shape index (κ3) is 4.70. The molecule has 19 heavy (non-hydrogen) atoms. The van der Waals surface area contributed by atoms with Gasteiger partial charge in [0, 0.05) is 12.1 Å². The van der Waals surface area contributed by atoms with Crippen molar-refractivity contribution in [2.45, 2.75) is 6.92 Å². The van der Waals surface area contributed by atoms with E-state index in [2.05, 4.69) is 20.7 Å². The Kier molecular flexibility index (Phi) is 6.01. The fourth-order valence-electron chi connectivity index (χ4n) is 1.22. The zero-order valence-electron chi connectivity index (χ0n) is 10.2. The van der Waals surface area contributed by atoms with E-state index < -0.39 is 10.9 Å². The number of ether oxygens (including phenoxy) is 2. The maximum Gasteiger partial charge on any atom is 0.330 e. The van der Waals surface area contributed by atoms with Gasteiger partial charge in [0.25, 0.3) is 5.69 Å². The smallest absolute Gasteiger partial charge is 0.330 e. The molecule has 0 atom stereocenters. The lowest BCUT2D eigenvalue weighted by molar-refractivity contribution is -0.385. The minimum Gasteiger partial charge on any atom is -0.488 e. The number of carbonyl (C=O) groups excluding carboxylic acids is 1. The molecule has 1 aromatic rings. The van der Waals surface area contributed by atoms with E-state index in [9.17, 15) is 14.9 Å². The first-order valence-electron chi connectivity index (χ1n) is 5.45. The molecular weight excluding hydrogens is 318 g/mol. The number of rotatable bonds is 6. The van der Waals surface area contributed by atoms with Crippen LogP contribution in [0.15, 0.2) is 34.8 Å². The van der Waals surface area contributed by atoms with Gasteiger partial charge >= 0.3 is 5.97 Å². The summed E-state index contributed by atoms with van der Waals surface area (Å²) in [6.07, 6.45) is 2.72. The monoisotopic (exact) mass is 329 g/mol. The molecule has 0 fully saturated rings. The quantitative estimate of drug-likeness (QED) is 0.347. The topological polar surface area (TPSA) is 78.7 Å². The van der Waals surface area contributed by atoms with Crippen LogP contribution in [-0.4, -0.2) is 24.1 Å². The van der Waals surface area contributed by atoms with Crippen molar-refractivity contribution in [1.82, 2.24) is 0 Å². The van der Waals surface area contributed by atoms with Crippen molar-refractivity contribution in [3.05, 3.63) is 44.9 Å². The Balaban J connectivity index is 2.61. The van der Waals surface area contributed by atoms with E-state index in [4.69, 9.17) is 4.74 Å². The van der Waals surface area contributed by atoms with Gasteiger partial charge in [0.2, 0.25) is 0 Å². The Morgan fingerprint density at radius 2 is 2.26 bits per heavy atom. The van der Waals surface area contributed by atoms with Crippen molar-refractivity contribution in [1.29, 1.82) is 0 Å². The van der Waals surface area contributed by atoms with Gasteiger partial charge in [-0.15, -0.1) is 0 Å². The van der Waals surface area contributed by atoms with Crippen molar-refractivity contribution >= 4 is 27.6 Å². The van der Waals surface area contributed by atoms with Gasteiger partial charge in [-0.2, -0.15) is 0 Å². The Morgan fingerprint density at radius 1 is 1.53 bits per heavy atom. The molecule has 0 amide bonds. The fourth-order valence-corrected chi connectivity index (χ4v) is 1.75. The highest BCUT2D eigenvalue weighted by atomic mass is 79.9. The Labute approximate surface area is 118 Å². The van der Waals surface area contributed by atoms with Crippen LogP contribution >= 0.6 is 15.9 Å². The molecule has 1 rings (SSSR count). The van der Waals surface area contributed by atoms with Gasteiger partial charge in [0.1, 0.15) is 16.8 Å². The van der Waals surface area contributed by atoms with Crippen LogP contribution in [0.3, 0.4) is 0 Å². The van der Waals surface area contributed by atoms with Crippen LogP contribution in [0.5, 0.6) is 5.75 Å². The van der Waals surface area contributed by atoms with E-state index in [0.717, 1.165) is 0 Å². The Morgan fingerprint density at radius 3 is 2.89 bits per heavy atom. The van der Waals surface area contributed by atoms with Crippen LogP contribution in [0.25, 0.3) is 0 Å². The predicted molar refractivity (Wildman–Crippen MR) is 72.1 cm³/mol. The van der Waals surface area contributed by atoms with Crippen molar-refractivity contribution in [2.24, 2.45) is 0 Å². The molecule has 102 valence electrons. The first-order valence-corrected chi connectivity index (χ1v) is 6.24. The Bertz CT molecular complexity index is 501. The van der Waals surface area contributed by atoms with Gasteiger partial charge in [0.05, 0.1) is 11.5 Å². The molecule has 0 aliphatic carbocycles. The van der Waals surface area contributed by atoms with E-state index in [1.807, 2.05) is 0 Å². The van der Waals surface area contributed by atoms with Crippen molar-refractivity contribution in [3.63, 3.8) is 0 Å². The van der Waals surface area contributed by atoms with Crippen LogP contribution < -0.4 is 4.74 Å². The highest BCUT2D eigenvalue weighted by Crippen LogP contribution is 2.33. The van der Waals surface area contributed by atoms with Crippen molar-refractivity contribution < 1.29 is 19.2 Å². The molecule has 7 heteroatoms. The molecule has 0 heterocycles. The number of halogens is 1. The summed E-state index contributed by atoms with van der Waals surface area (Å²) in [5, 5.41) is 10.7. The van der Waals surface area contributed by atoms with Crippen LogP contribution in [0.1, 0.15) is 6.92 Å². The molecule has 0 aromatic heterocycles. The third-order valence-electron chi connectivity index (χ3n) is 2.02. The second-order valence-corrected chi connectivity index (χ2v) is 4.10. The SMILES string of the molecule is CCOC(=O)/C=C/COc1cccc([N+](=O)[O-])c1Br. The molecule has 0 saturated heterocycles. The first kappa shape index (κ1) is 15.2. The molecule has 0 saturated carbocycles. The van der Waals surface area contributed by atoms with Gasteiger partial charge in [-0.3, -0.25) is 10.1 Å². The zero-order chi connectivity index (χ0) is 14.3. The fraction of sp³-hybridized carbons (Fsp3) is 0.250. The van der Waals surface area contributed by atoms with Gasteiger partial charge in [-0.25, -0.2) is 4.79 Å². The number of hydrogen-bond acceptors (Lipinski definition) is 5. The summed E-state index contributed by atoms with van der Waals surface area (Å²) in [4.78, 5) is 21.2. The summed E-state index contributed by atoms with van der Waals surface area (Å²) in [5.41, 5.74) is -0.0770. The summed E-state index contributed by atoms with van der Waals surface area (Å²) in [6.45, 7) is 2.13. The average Bonchev–Trinajstić information content (AvgIpc) is 2.36. The molecule has 0 aliphatic heterocycles. The van der Waals surface area contributed by atoms with Gasteiger partial charge in [-0.1, -0.05) is 6.07 Å². The van der Waals surface area contributed by atoms with Crippen LogP contribution in [-0.2, 0) is 9.53 Å². The molecular formula is C12H12BrNO5. The highest BCUT2D eigenvalue weighted by Gasteiger charge is 2.15. The summed E-state index contributed by atoms with van der Waals surface area (Å²) in [6, 6.07) is 4.48. The number of benzene rings is 1. The zero-order valence-corrected chi connectivity index (χ0v) is 11.8. The molecule has 0 spiro atoms. The maximum absolute atomic E-state index is 11.0. The molecule has 1 aromatic carbocycles. The van der Waals surface area contributed by atoms with E-state index in [1.165, 1.54) is 24.3 Å². The van der Waals surface area contributed by atoms with E-state index in [1.54, 1.807) is 13.0 Å². The second-order valence-electron chi connectivity index (χ2n) is 3.31. The number of nitro groups is 1. The standard InChI is InChI=1S/C12H12BrNO5/c1-2-18-11(15)7-4-8-19-10-6-3-5-9(12(10)13)14(16)17/h3-7H,2,8H2,1H3/b7-4+. The summed E-state index contributed by atoms with van der Waals surface area (Å²) in [5.74, 6) is -0.119. The molecule has 6 nitrogen and oxygen atoms in total. The number of hydrogen-bond donors (Lipinski definition) is 0. The van der Waals surface area contributed by atoms with E-state index >= 15 is 0 Å². The second kappa shape index (κ2) is 7.52. The van der Waals surface area contributed by atoms with E-state index in [-0.39, 0.29) is 16.8 Å². The summed E-state index contributed by atoms with van der Waals surface area (Å²) >= 11 is 3.11. The van der Waals surface area contributed by atoms with Crippen molar-refractivity contribution in [2.75, 3.05) is 13.2 Å².